The molecule has 0 aliphatic heterocycles. The van der Waals surface area contributed by atoms with Crippen molar-refractivity contribution in [2.45, 2.75) is 0 Å². The molecule has 35 heavy (non-hydrogen) atoms. The van der Waals surface area contributed by atoms with Gasteiger partial charge in [0.1, 0.15) is 5.75 Å². The number of hydrogen-bond donors (Lipinski definition) is 2. The summed E-state index contributed by atoms with van der Waals surface area (Å²) in [7, 11) is 0. The summed E-state index contributed by atoms with van der Waals surface area (Å²) in [4.78, 5) is 41.0. The number of non-ortho nitro benzene ring substituents is 1. The molecule has 176 valence electrons. The lowest BCUT2D eigenvalue weighted by atomic mass is 10.1. The lowest BCUT2D eigenvalue weighted by molar-refractivity contribution is -0.384. The summed E-state index contributed by atoms with van der Waals surface area (Å²) in [6.45, 7) is -1.06. The van der Waals surface area contributed by atoms with E-state index in [4.69, 9.17) is 19.7 Å². The summed E-state index contributed by atoms with van der Waals surface area (Å²) in [5.41, 5.74) is 1.48. The molecule has 0 saturated heterocycles. The molecule has 11 nitrogen and oxygen atoms in total. The number of nitro benzene ring substituents is 1. The van der Waals surface area contributed by atoms with Crippen LogP contribution in [0.25, 0.3) is 33.4 Å². The van der Waals surface area contributed by atoms with Crippen LogP contribution in [0.5, 0.6) is 11.6 Å². The fraction of sp³-hybridized carbons (Fsp3) is 0.0833. The third-order valence-electron chi connectivity index (χ3n) is 4.85. The second-order valence-corrected chi connectivity index (χ2v) is 7.31. The van der Waals surface area contributed by atoms with Gasteiger partial charge in [0.2, 0.25) is 5.88 Å². The molecule has 0 fully saturated rings. The number of benzene rings is 3. The number of nitro groups is 1. The third-order valence-corrected chi connectivity index (χ3v) is 4.85. The molecule has 3 aromatic carbocycles. The zero-order valence-electron chi connectivity index (χ0n) is 18.0. The molecular weight excluding hydrogens is 458 g/mol. The summed E-state index contributed by atoms with van der Waals surface area (Å²) in [6, 6.07) is 17.7. The Morgan fingerprint density at radius 2 is 1.43 bits per heavy atom. The van der Waals surface area contributed by atoms with Crippen LogP contribution in [0, 0.1) is 10.1 Å². The van der Waals surface area contributed by atoms with E-state index in [9.17, 15) is 19.7 Å². The van der Waals surface area contributed by atoms with Crippen LogP contribution in [-0.4, -0.2) is 50.3 Å². The van der Waals surface area contributed by atoms with Crippen LogP contribution in [0.1, 0.15) is 0 Å². The number of ether oxygens (including phenoxy) is 2. The van der Waals surface area contributed by atoms with Crippen LogP contribution in [0.4, 0.5) is 5.69 Å². The Bertz CT molecular complexity index is 1440. The number of carboxylic acid groups (broad SMARTS) is 2. The lowest BCUT2D eigenvalue weighted by Crippen LogP contribution is -2.11. The van der Waals surface area contributed by atoms with E-state index < -0.39 is 30.1 Å². The summed E-state index contributed by atoms with van der Waals surface area (Å²) in [5, 5.41) is 30.3. The zero-order chi connectivity index (χ0) is 24.9. The quantitative estimate of drug-likeness (QED) is 0.269. The van der Waals surface area contributed by atoms with Crippen LogP contribution in [-0.2, 0) is 9.59 Å². The second kappa shape index (κ2) is 9.83. The Kier molecular flexibility index (Phi) is 6.49. The Hall–Kier alpha value is -5.06. The number of carbonyl (C=O) groups is 2. The average molecular weight is 475 g/mol. The largest absolute Gasteiger partial charge is 0.482 e. The Morgan fingerprint density at radius 3 is 2.11 bits per heavy atom. The van der Waals surface area contributed by atoms with E-state index in [1.807, 2.05) is 6.07 Å². The van der Waals surface area contributed by atoms with Gasteiger partial charge in [-0.1, -0.05) is 18.2 Å². The first-order chi connectivity index (χ1) is 16.8. The smallest absolute Gasteiger partial charge is 0.341 e. The van der Waals surface area contributed by atoms with Crippen LogP contribution in [0.2, 0.25) is 0 Å². The van der Waals surface area contributed by atoms with Crippen LogP contribution in [0.15, 0.2) is 66.7 Å². The number of rotatable bonds is 9. The fourth-order valence-electron chi connectivity index (χ4n) is 3.26. The highest BCUT2D eigenvalue weighted by Gasteiger charge is 2.13. The van der Waals surface area contributed by atoms with Gasteiger partial charge < -0.3 is 19.7 Å². The highest BCUT2D eigenvalue weighted by Crippen LogP contribution is 2.29. The van der Waals surface area contributed by atoms with Crippen LogP contribution >= 0.6 is 0 Å². The number of hydrogen-bond acceptors (Lipinski definition) is 8. The minimum Gasteiger partial charge on any atom is -0.482 e. The Labute approximate surface area is 197 Å². The van der Waals surface area contributed by atoms with E-state index in [2.05, 4.69) is 9.97 Å². The maximum atomic E-state index is 11.0. The van der Waals surface area contributed by atoms with Crippen molar-refractivity contribution in [3.05, 3.63) is 76.8 Å². The van der Waals surface area contributed by atoms with Gasteiger partial charge in [0, 0.05) is 29.3 Å². The monoisotopic (exact) mass is 475 g/mol. The summed E-state index contributed by atoms with van der Waals surface area (Å²) >= 11 is 0. The van der Waals surface area contributed by atoms with Crippen molar-refractivity contribution in [1.82, 2.24) is 9.97 Å². The maximum Gasteiger partial charge on any atom is 0.341 e. The zero-order valence-corrected chi connectivity index (χ0v) is 18.0. The van der Waals surface area contributed by atoms with Crippen molar-refractivity contribution in [2.24, 2.45) is 0 Å². The van der Waals surface area contributed by atoms with Gasteiger partial charge in [0.25, 0.3) is 5.69 Å². The normalized spacial score (nSPS) is 10.6. The predicted molar refractivity (Wildman–Crippen MR) is 123 cm³/mol. The number of carboxylic acids is 2. The Morgan fingerprint density at radius 1 is 0.800 bits per heavy atom. The van der Waals surface area contributed by atoms with Crippen molar-refractivity contribution >= 4 is 28.4 Å². The molecule has 1 aromatic heterocycles. The average Bonchev–Trinajstić information content (AvgIpc) is 2.85. The van der Waals surface area contributed by atoms with E-state index in [0.29, 0.717) is 22.6 Å². The summed E-state index contributed by atoms with van der Waals surface area (Å²) < 4.78 is 10.5. The van der Waals surface area contributed by atoms with E-state index in [-0.39, 0.29) is 17.4 Å². The first-order valence-electron chi connectivity index (χ1n) is 10.2. The van der Waals surface area contributed by atoms with Gasteiger partial charge in [0.05, 0.1) is 10.6 Å². The van der Waals surface area contributed by atoms with Crippen LogP contribution < -0.4 is 9.47 Å². The minimum atomic E-state index is -1.17. The van der Waals surface area contributed by atoms with E-state index in [1.54, 1.807) is 30.3 Å². The highest BCUT2D eigenvalue weighted by molar-refractivity contribution is 5.88. The van der Waals surface area contributed by atoms with E-state index in [0.717, 1.165) is 10.8 Å². The molecule has 11 heteroatoms. The molecule has 0 aliphatic carbocycles. The van der Waals surface area contributed by atoms with Gasteiger partial charge in [0.15, 0.2) is 19.0 Å². The molecule has 1 heterocycles. The molecule has 0 saturated carbocycles. The summed E-state index contributed by atoms with van der Waals surface area (Å²) in [6.07, 6.45) is 0. The molecule has 0 amide bonds. The van der Waals surface area contributed by atoms with Gasteiger partial charge in [-0.15, -0.1) is 0 Å². The highest BCUT2D eigenvalue weighted by atomic mass is 16.6. The number of nitrogens with zero attached hydrogens (tertiary/aromatic N) is 3. The van der Waals surface area contributed by atoms with E-state index >= 15 is 0 Å². The van der Waals surface area contributed by atoms with Gasteiger partial charge >= 0.3 is 11.9 Å². The van der Waals surface area contributed by atoms with Crippen molar-refractivity contribution in [3.63, 3.8) is 0 Å². The Balaban J connectivity index is 1.72. The summed E-state index contributed by atoms with van der Waals surface area (Å²) in [5.74, 6) is -1.55. The minimum absolute atomic E-state index is 0.0308. The fourth-order valence-corrected chi connectivity index (χ4v) is 3.26. The molecule has 2 N–H and O–H groups in total. The number of fused-ring (bicyclic) bond motifs is 1. The van der Waals surface area contributed by atoms with Crippen LogP contribution in [0.3, 0.4) is 0 Å². The first-order valence-corrected chi connectivity index (χ1v) is 10.2. The van der Waals surface area contributed by atoms with Crippen molar-refractivity contribution < 1.29 is 34.2 Å². The molecule has 0 spiro atoms. The topological polar surface area (TPSA) is 162 Å². The van der Waals surface area contributed by atoms with Gasteiger partial charge in [-0.2, -0.15) is 4.98 Å². The molecule has 4 rings (SSSR count). The van der Waals surface area contributed by atoms with E-state index in [1.165, 1.54) is 30.3 Å². The van der Waals surface area contributed by atoms with Crippen molar-refractivity contribution in [2.75, 3.05) is 13.2 Å². The third kappa shape index (κ3) is 5.66. The molecular formula is C24H17N3O8. The van der Waals surface area contributed by atoms with Gasteiger partial charge in [-0.3, -0.25) is 10.1 Å². The molecule has 0 unspecified atom stereocenters. The lowest BCUT2D eigenvalue weighted by Gasteiger charge is -2.10. The molecule has 4 aromatic rings. The number of aliphatic carboxylic acids is 2. The standard InChI is InChI=1S/C24H17N3O8/c28-22(29)12-34-19-8-5-15-9-17(2-1-16(15)10-19)24-25-20(11-21(26-24)35-13-23(30)31)14-3-6-18(7-4-14)27(32)33/h1-11H,12-13H2,(H,28,29)(H,30,31). The SMILES string of the molecule is O=C(O)COc1ccc2cc(-c3nc(OCC(=O)O)cc(-c4ccc([N+](=O)[O-])cc4)n3)ccc2c1. The molecule has 0 bridgehead atoms. The van der Waals surface area contributed by atoms with Gasteiger partial charge in [-0.05, 0) is 41.1 Å². The second-order valence-electron chi connectivity index (χ2n) is 7.31. The van der Waals surface area contributed by atoms with Crippen molar-refractivity contribution in [3.8, 4) is 34.3 Å². The maximum absolute atomic E-state index is 11.0. The molecule has 0 atom stereocenters. The molecule has 0 aliphatic rings. The van der Waals surface area contributed by atoms with Crippen molar-refractivity contribution in [1.29, 1.82) is 0 Å². The molecule has 0 radical (unpaired) electrons. The number of aromatic nitrogens is 2. The predicted octanol–water partition coefficient (Wildman–Crippen LogP) is 3.80. The van der Waals surface area contributed by atoms with Gasteiger partial charge in [-0.25, -0.2) is 14.6 Å². The first kappa shape index (κ1) is 23.1.